The van der Waals surface area contributed by atoms with Gasteiger partial charge in [-0.1, -0.05) is 19.1 Å². The molecular formula is C11H18O2. The van der Waals surface area contributed by atoms with Crippen LogP contribution in [0.3, 0.4) is 0 Å². The van der Waals surface area contributed by atoms with Crippen LogP contribution in [-0.4, -0.2) is 23.4 Å². The highest BCUT2D eigenvalue weighted by Crippen LogP contribution is 2.31. The summed E-state index contributed by atoms with van der Waals surface area (Å²) in [5, 5.41) is 10.1. The lowest BCUT2D eigenvalue weighted by molar-refractivity contribution is 0.0565. The first-order chi connectivity index (χ1) is 6.18. The summed E-state index contributed by atoms with van der Waals surface area (Å²) in [6, 6.07) is 0. The Morgan fingerprint density at radius 1 is 1.62 bits per heavy atom. The van der Waals surface area contributed by atoms with Crippen LogP contribution in [0.25, 0.3) is 0 Å². The van der Waals surface area contributed by atoms with Crippen molar-refractivity contribution in [2.24, 2.45) is 5.92 Å². The molecule has 74 valence electrons. The van der Waals surface area contributed by atoms with Crippen molar-refractivity contribution in [2.45, 2.75) is 44.3 Å². The van der Waals surface area contributed by atoms with Crippen molar-refractivity contribution >= 4 is 0 Å². The third kappa shape index (κ3) is 2.55. The highest BCUT2D eigenvalue weighted by Gasteiger charge is 2.31. The van der Waals surface area contributed by atoms with Crippen molar-refractivity contribution in [2.75, 3.05) is 6.61 Å². The van der Waals surface area contributed by atoms with E-state index in [1.807, 2.05) is 6.08 Å². The van der Waals surface area contributed by atoms with Gasteiger partial charge in [-0.15, -0.1) is 0 Å². The van der Waals surface area contributed by atoms with Gasteiger partial charge in [0.25, 0.3) is 0 Å². The fraction of sp³-hybridized carbons (Fsp3) is 0.818. The maximum absolute atomic E-state index is 10.1. The van der Waals surface area contributed by atoms with Gasteiger partial charge in [-0.2, -0.15) is 0 Å². The molecule has 2 heteroatoms. The van der Waals surface area contributed by atoms with E-state index in [2.05, 4.69) is 13.0 Å². The van der Waals surface area contributed by atoms with Crippen LogP contribution in [0.1, 0.15) is 32.6 Å². The Morgan fingerprint density at radius 2 is 2.38 bits per heavy atom. The maximum Gasteiger partial charge on any atom is 0.0829 e. The first kappa shape index (κ1) is 9.22. The molecule has 0 saturated carbocycles. The summed E-state index contributed by atoms with van der Waals surface area (Å²) in [6.07, 6.45) is 8.46. The zero-order valence-corrected chi connectivity index (χ0v) is 8.20. The van der Waals surface area contributed by atoms with Gasteiger partial charge in [-0.3, -0.25) is 0 Å². The van der Waals surface area contributed by atoms with E-state index in [9.17, 15) is 5.11 Å². The molecule has 0 amide bonds. The molecule has 1 aliphatic carbocycles. The Balaban J connectivity index is 1.83. The van der Waals surface area contributed by atoms with Gasteiger partial charge in [-0.05, 0) is 31.6 Å². The van der Waals surface area contributed by atoms with Crippen molar-refractivity contribution < 1.29 is 9.84 Å². The SMILES string of the molecule is CC1C=CC(O)(CCC2CO2)CC1. The standard InChI is InChI=1S/C11H18O2/c1-9-2-5-11(12,6-3-9)7-4-10-8-13-10/h2,5,9-10,12H,3-4,6-8H2,1H3. The van der Waals surface area contributed by atoms with E-state index < -0.39 is 5.60 Å². The molecule has 0 spiro atoms. The molecule has 13 heavy (non-hydrogen) atoms. The van der Waals surface area contributed by atoms with Gasteiger partial charge >= 0.3 is 0 Å². The lowest BCUT2D eigenvalue weighted by atomic mass is 9.83. The topological polar surface area (TPSA) is 32.8 Å². The van der Waals surface area contributed by atoms with E-state index in [0.717, 1.165) is 32.3 Å². The fourth-order valence-corrected chi connectivity index (χ4v) is 1.85. The molecule has 1 fully saturated rings. The van der Waals surface area contributed by atoms with Crippen LogP contribution in [0, 0.1) is 5.92 Å². The molecule has 2 rings (SSSR count). The average molecular weight is 182 g/mol. The quantitative estimate of drug-likeness (QED) is 0.534. The minimum Gasteiger partial charge on any atom is -0.386 e. The third-order valence-corrected chi connectivity index (χ3v) is 3.07. The van der Waals surface area contributed by atoms with Crippen molar-refractivity contribution in [1.29, 1.82) is 0 Å². The summed E-state index contributed by atoms with van der Waals surface area (Å²) >= 11 is 0. The summed E-state index contributed by atoms with van der Waals surface area (Å²) in [5.41, 5.74) is -0.529. The number of hydrogen-bond donors (Lipinski definition) is 1. The van der Waals surface area contributed by atoms with Crippen LogP contribution in [0.5, 0.6) is 0 Å². The predicted molar refractivity (Wildman–Crippen MR) is 51.5 cm³/mol. The number of ether oxygens (including phenoxy) is 1. The van der Waals surface area contributed by atoms with Gasteiger partial charge in [0, 0.05) is 0 Å². The van der Waals surface area contributed by atoms with Gasteiger partial charge in [0.05, 0.1) is 18.3 Å². The molecule has 1 N–H and O–H groups in total. The molecule has 0 radical (unpaired) electrons. The van der Waals surface area contributed by atoms with Crippen molar-refractivity contribution in [3.05, 3.63) is 12.2 Å². The molecule has 3 unspecified atom stereocenters. The summed E-state index contributed by atoms with van der Waals surface area (Å²) in [6.45, 7) is 3.09. The molecular weight excluding hydrogens is 164 g/mol. The van der Waals surface area contributed by atoms with Crippen LogP contribution in [-0.2, 0) is 4.74 Å². The average Bonchev–Trinajstić information content (AvgIpc) is 2.91. The number of hydrogen-bond acceptors (Lipinski definition) is 2. The summed E-state index contributed by atoms with van der Waals surface area (Å²) in [4.78, 5) is 0. The Morgan fingerprint density at radius 3 is 2.92 bits per heavy atom. The van der Waals surface area contributed by atoms with Crippen molar-refractivity contribution in [3.8, 4) is 0 Å². The van der Waals surface area contributed by atoms with E-state index in [4.69, 9.17) is 4.74 Å². The lowest BCUT2D eigenvalue weighted by Crippen LogP contribution is -2.29. The molecule has 2 aliphatic rings. The molecule has 2 nitrogen and oxygen atoms in total. The second kappa shape index (κ2) is 3.43. The van der Waals surface area contributed by atoms with Crippen molar-refractivity contribution in [1.82, 2.24) is 0 Å². The normalized spacial score (nSPS) is 43.5. The highest BCUT2D eigenvalue weighted by atomic mass is 16.6. The second-order valence-electron chi connectivity index (χ2n) is 4.47. The minimum atomic E-state index is -0.529. The van der Waals surface area contributed by atoms with Crippen LogP contribution in [0.4, 0.5) is 0 Å². The summed E-state index contributed by atoms with van der Waals surface area (Å²) < 4.78 is 5.13. The molecule has 3 atom stereocenters. The Kier molecular flexibility index (Phi) is 2.43. The third-order valence-electron chi connectivity index (χ3n) is 3.07. The van der Waals surface area contributed by atoms with Gasteiger partial charge in [0.1, 0.15) is 0 Å². The Hall–Kier alpha value is -0.340. The maximum atomic E-state index is 10.1. The molecule has 1 saturated heterocycles. The first-order valence-corrected chi connectivity index (χ1v) is 5.21. The van der Waals surface area contributed by atoms with Crippen molar-refractivity contribution in [3.63, 3.8) is 0 Å². The monoisotopic (exact) mass is 182 g/mol. The van der Waals surface area contributed by atoms with E-state index >= 15 is 0 Å². The molecule has 0 aromatic carbocycles. The van der Waals surface area contributed by atoms with Crippen LogP contribution in [0.15, 0.2) is 12.2 Å². The molecule has 0 aromatic rings. The second-order valence-corrected chi connectivity index (χ2v) is 4.47. The summed E-state index contributed by atoms with van der Waals surface area (Å²) in [5.74, 6) is 0.637. The van der Waals surface area contributed by atoms with E-state index in [0.29, 0.717) is 12.0 Å². The Bertz CT molecular complexity index is 208. The number of aliphatic hydroxyl groups is 1. The predicted octanol–water partition coefficient (Wildman–Crippen LogP) is 1.88. The summed E-state index contributed by atoms with van der Waals surface area (Å²) in [7, 11) is 0. The first-order valence-electron chi connectivity index (χ1n) is 5.21. The van der Waals surface area contributed by atoms with Gasteiger partial charge < -0.3 is 9.84 Å². The van der Waals surface area contributed by atoms with E-state index in [1.165, 1.54) is 0 Å². The van der Waals surface area contributed by atoms with Gasteiger partial charge in [0.2, 0.25) is 0 Å². The highest BCUT2D eigenvalue weighted by molar-refractivity contribution is 5.07. The molecule has 0 bridgehead atoms. The zero-order chi connectivity index (χ0) is 9.31. The van der Waals surface area contributed by atoms with Gasteiger partial charge in [0.15, 0.2) is 0 Å². The van der Waals surface area contributed by atoms with E-state index in [1.54, 1.807) is 0 Å². The Labute approximate surface area is 79.6 Å². The van der Waals surface area contributed by atoms with Crippen LogP contribution < -0.4 is 0 Å². The number of rotatable bonds is 3. The largest absolute Gasteiger partial charge is 0.386 e. The number of epoxide rings is 1. The minimum absolute atomic E-state index is 0.441. The fourth-order valence-electron chi connectivity index (χ4n) is 1.85. The molecule has 0 aromatic heterocycles. The smallest absolute Gasteiger partial charge is 0.0829 e. The van der Waals surface area contributed by atoms with E-state index in [-0.39, 0.29) is 0 Å². The van der Waals surface area contributed by atoms with Crippen LogP contribution >= 0.6 is 0 Å². The zero-order valence-electron chi connectivity index (χ0n) is 8.20. The molecule has 1 heterocycles. The molecule has 1 aliphatic heterocycles. The van der Waals surface area contributed by atoms with Gasteiger partial charge in [-0.25, -0.2) is 0 Å². The lowest BCUT2D eigenvalue weighted by Gasteiger charge is -2.29. The number of allylic oxidation sites excluding steroid dienone is 1. The van der Waals surface area contributed by atoms with Crippen LogP contribution in [0.2, 0.25) is 0 Å².